The summed E-state index contributed by atoms with van der Waals surface area (Å²) < 4.78 is 0. The first-order chi connectivity index (χ1) is 9.63. The number of hydrogen-bond acceptors (Lipinski definition) is 4. The normalized spacial score (nSPS) is 18.3. The van der Waals surface area contributed by atoms with Gasteiger partial charge < -0.3 is 10.2 Å². The maximum absolute atomic E-state index is 4.61. The molecule has 0 amide bonds. The molecule has 20 heavy (non-hydrogen) atoms. The highest BCUT2D eigenvalue weighted by Crippen LogP contribution is 2.24. The Morgan fingerprint density at radius 1 is 1.30 bits per heavy atom. The molecule has 1 aromatic heterocycles. The molecule has 1 unspecified atom stereocenters. The lowest BCUT2D eigenvalue weighted by atomic mass is 9.90. The van der Waals surface area contributed by atoms with Gasteiger partial charge >= 0.3 is 0 Å². The van der Waals surface area contributed by atoms with Gasteiger partial charge in [-0.1, -0.05) is 13.8 Å². The fraction of sp³-hybridized carbons (Fsp3) is 0.750. The molecule has 0 aromatic carbocycles. The number of hydrogen-bond donors (Lipinski definition) is 1. The van der Waals surface area contributed by atoms with E-state index in [2.05, 4.69) is 47.0 Å². The molecular weight excluding hydrogens is 248 g/mol. The largest absolute Gasteiger partial charge is 0.356 e. The molecule has 1 fully saturated rings. The van der Waals surface area contributed by atoms with Crippen molar-refractivity contribution in [1.82, 2.24) is 15.3 Å². The van der Waals surface area contributed by atoms with Crippen LogP contribution in [0.2, 0.25) is 0 Å². The summed E-state index contributed by atoms with van der Waals surface area (Å²) in [6.45, 7) is 11.9. The number of nitrogens with zero attached hydrogens (tertiary/aromatic N) is 3. The van der Waals surface area contributed by atoms with Crippen LogP contribution in [0.3, 0.4) is 0 Å². The van der Waals surface area contributed by atoms with E-state index in [1.54, 1.807) is 0 Å². The predicted molar refractivity (Wildman–Crippen MR) is 84.2 cm³/mol. The van der Waals surface area contributed by atoms with Crippen LogP contribution < -0.4 is 10.2 Å². The molecular formula is C16H28N4. The van der Waals surface area contributed by atoms with Gasteiger partial charge in [-0.25, -0.2) is 9.97 Å². The molecule has 1 aliphatic heterocycles. The summed E-state index contributed by atoms with van der Waals surface area (Å²) in [7, 11) is 0. The second-order valence-electron chi connectivity index (χ2n) is 5.79. The van der Waals surface area contributed by atoms with Crippen molar-refractivity contribution in [2.75, 3.05) is 24.5 Å². The van der Waals surface area contributed by atoms with Gasteiger partial charge in [0, 0.05) is 30.9 Å². The first kappa shape index (κ1) is 15.2. The Morgan fingerprint density at radius 2 is 2.00 bits per heavy atom. The van der Waals surface area contributed by atoms with E-state index in [1.807, 2.05) is 6.92 Å². The van der Waals surface area contributed by atoms with Crippen LogP contribution >= 0.6 is 0 Å². The topological polar surface area (TPSA) is 41.0 Å². The minimum absolute atomic E-state index is 0.625. The first-order valence-corrected chi connectivity index (χ1v) is 7.97. The highest BCUT2D eigenvalue weighted by molar-refractivity contribution is 5.40. The van der Waals surface area contributed by atoms with Gasteiger partial charge in [-0.15, -0.1) is 0 Å². The Kier molecular flexibility index (Phi) is 5.35. The van der Waals surface area contributed by atoms with Gasteiger partial charge in [0.2, 0.25) is 0 Å². The van der Waals surface area contributed by atoms with Crippen LogP contribution in [0.15, 0.2) is 6.07 Å². The summed E-state index contributed by atoms with van der Waals surface area (Å²) in [5.41, 5.74) is 1.15. The van der Waals surface area contributed by atoms with Gasteiger partial charge in [-0.2, -0.15) is 0 Å². The van der Waals surface area contributed by atoms with Crippen LogP contribution in [0.4, 0.5) is 5.82 Å². The summed E-state index contributed by atoms with van der Waals surface area (Å²) in [6.07, 6.45) is 3.47. The number of rotatable bonds is 5. The smallest absolute Gasteiger partial charge is 0.132 e. The van der Waals surface area contributed by atoms with Crippen molar-refractivity contribution in [1.29, 1.82) is 0 Å². The lowest BCUT2D eigenvalue weighted by molar-refractivity contribution is 0.314. The van der Waals surface area contributed by atoms with Crippen molar-refractivity contribution in [3.63, 3.8) is 0 Å². The molecule has 2 rings (SSSR count). The molecule has 0 aliphatic carbocycles. The lowest BCUT2D eigenvalue weighted by Gasteiger charge is -2.36. The van der Waals surface area contributed by atoms with Crippen molar-refractivity contribution in [3.05, 3.63) is 17.6 Å². The Bertz CT molecular complexity index is 424. The molecule has 0 saturated carbocycles. The molecule has 1 aromatic rings. The molecule has 112 valence electrons. The van der Waals surface area contributed by atoms with Crippen LogP contribution in [0.1, 0.15) is 45.1 Å². The summed E-state index contributed by atoms with van der Waals surface area (Å²) >= 11 is 0. The molecule has 1 saturated heterocycles. The summed E-state index contributed by atoms with van der Waals surface area (Å²) in [4.78, 5) is 11.5. The Balaban J connectivity index is 1.98. The van der Waals surface area contributed by atoms with Gasteiger partial charge in [0.1, 0.15) is 11.6 Å². The first-order valence-electron chi connectivity index (χ1n) is 7.97. The Hall–Kier alpha value is -1.16. The SMILES string of the molecule is CCNC(C)C1CCN(c2cc(CC)nc(C)n2)CC1. The molecule has 4 nitrogen and oxygen atoms in total. The van der Waals surface area contributed by atoms with E-state index in [0.29, 0.717) is 6.04 Å². The predicted octanol–water partition coefficient (Wildman–Crippen LogP) is 2.56. The van der Waals surface area contributed by atoms with E-state index in [-0.39, 0.29) is 0 Å². The quantitative estimate of drug-likeness (QED) is 0.897. The zero-order valence-corrected chi connectivity index (χ0v) is 13.3. The molecule has 1 atom stereocenters. The molecule has 1 N–H and O–H groups in total. The van der Waals surface area contributed by atoms with Crippen LogP contribution in [-0.4, -0.2) is 35.6 Å². The maximum Gasteiger partial charge on any atom is 0.132 e. The number of nitrogens with one attached hydrogen (secondary N) is 1. The maximum atomic E-state index is 4.61. The highest BCUT2D eigenvalue weighted by Gasteiger charge is 2.24. The van der Waals surface area contributed by atoms with E-state index >= 15 is 0 Å². The van der Waals surface area contributed by atoms with Gasteiger partial charge in [-0.3, -0.25) is 0 Å². The number of anilines is 1. The van der Waals surface area contributed by atoms with E-state index in [1.165, 1.54) is 12.8 Å². The zero-order valence-electron chi connectivity index (χ0n) is 13.3. The van der Waals surface area contributed by atoms with Crippen molar-refractivity contribution in [3.8, 4) is 0 Å². The summed E-state index contributed by atoms with van der Waals surface area (Å²) in [5, 5.41) is 3.55. The lowest BCUT2D eigenvalue weighted by Crippen LogP contribution is -2.42. The number of piperidine rings is 1. The number of aromatic nitrogens is 2. The highest BCUT2D eigenvalue weighted by atomic mass is 15.2. The van der Waals surface area contributed by atoms with Crippen LogP contribution in [0, 0.1) is 12.8 Å². The van der Waals surface area contributed by atoms with Crippen molar-refractivity contribution in [2.45, 2.75) is 53.0 Å². The van der Waals surface area contributed by atoms with Gasteiger partial charge in [0.25, 0.3) is 0 Å². The minimum atomic E-state index is 0.625. The minimum Gasteiger partial charge on any atom is -0.356 e. The Morgan fingerprint density at radius 3 is 2.60 bits per heavy atom. The molecule has 0 radical (unpaired) electrons. The zero-order chi connectivity index (χ0) is 14.5. The van der Waals surface area contributed by atoms with E-state index in [0.717, 1.165) is 49.3 Å². The van der Waals surface area contributed by atoms with Crippen LogP contribution in [0.25, 0.3) is 0 Å². The second kappa shape index (κ2) is 7.02. The monoisotopic (exact) mass is 276 g/mol. The van der Waals surface area contributed by atoms with Crippen LogP contribution in [0.5, 0.6) is 0 Å². The molecule has 4 heteroatoms. The summed E-state index contributed by atoms with van der Waals surface area (Å²) in [6, 6.07) is 2.78. The third kappa shape index (κ3) is 3.69. The van der Waals surface area contributed by atoms with E-state index < -0.39 is 0 Å². The molecule has 0 bridgehead atoms. The van der Waals surface area contributed by atoms with Crippen molar-refractivity contribution >= 4 is 5.82 Å². The third-order valence-electron chi connectivity index (χ3n) is 4.34. The molecule has 1 aliphatic rings. The van der Waals surface area contributed by atoms with Gasteiger partial charge in [0.05, 0.1) is 0 Å². The average Bonchev–Trinajstić information content (AvgIpc) is 2.47. The van der Waals surface area contributed by atoms with Gasteiger partial charge in [0.15, 0.2) is 0 Å². The second-order valence-corrected chi connectivity index (χ2v) is 5.79. The molecule has 0 spiro atoms. The van der Waals surface area contributed by atoms with Gasteiger partial charge in [-0.05, 0) is 45.6 Å². The van der Waals surface area contributed by atoms with Crippen LogP contribution in [-0.2, 0) is 6.42 Å². The molecule has 2 heterocycles. The standard InChI is InChI=1S/C16H28N4/c1-5-15-11-16(19-13(4)18-15)20-9-7-14(8-10-20)12(3)17-6-2/h11-12,14,17H,5-10H2,1-4H3. The fourth-order valence-corrected chi connectivity index (χ4v) is 3.07. The van der Waals surface area contributed by atoms with Crippen molar-refractivity contribution in [2.24, 2.45) is 5.92 Å². The van der Waals surface area contributed by atoms with E-state index in [4.69, 9.17) is 0 Å². The average molecular weight is 276 g/mol. The Labute approximate surface area is 123 Å². The van der Waals surface area contributed by atoms with E-state index in [9.17, 15) is 0 Å². The third-order valence-corrected chi connectivity index (χ3v) is 4.34. The number of aryl methyl sites for hydroxylation is 2. The summed E-state index contributed by atoms with van der Waals surface area (Å²) in [5.74, 6) is 2.80. The van der Waals surface area contributed by atoms with Crippen molar-refractivity contribution < 1.29 is 0 Å². The fourth-order valence-electron chi connectivity index (χ4n) is 3.07.